The topological polar surface area (TPSA) is 190 Å². The van der Waals surface area contributed by atoms with E-state index in [0.717, 1.165) is 18.3 Å². The Morgan fingerprint density at radius 2 is 1.86 bits per heavy atom. The van der Waals surface area contributed by atoms with Gasteiger partial charge in [-0.15, -0.1) is 0 Å². The molecule has 1 fully saturated rings. The summed E-state index contributed by atoms with van der Waals surface area (Å²) in [7, 11) is -4.31. The number of nitrogens with one attached hydrogen (secondary N) is 1. The van der Waals surface area contributed by atoms with Crippen molar-refractivity contribution < 1.29 is 46.3 Å². The van der Waals surface area contributed by atoms with Crippen molar-refractivity contribution in [3.63, 3.8) is 0 Å². The SMILES string of the molecule is CC(C)NP(=O)(OCc1ccc([N+](=O)[O-])c(Oc2ccc(-c3cccc(F)c3)cc2)c1)OCC1OC(n2ccc(N)nc2=O)C(F)(F)C1O. The van der Waals surface area contributed by atoms with E-state index in [9.17, 15) is 37.8 Å². The zero-order valence-corrected chi connectivity index (χ0v) is 26.8. The van der Waals surface area contributed by atoms with Crippen molar-refractivity contribution in [3.05, 3.63) is 111 Å². The number of nitrogens with zero attached hydrogens (tertiary/aromatic N) is 3. The number of halogens is 3. The van der Waals surface area contributed by atoms with Gasteiger partial charge < -0.3 is 20.3 Å². The maximum absolute atomic E-state index is 15.0. The van der Waals surface area contributed by atoms with E-state index >= 15 is 0 Å². The number of hydrogen-bond acceptors (Lipinski definition) is 11. The molecule has 49 heavy (non-hydrogen) atoms. The van der Waals surface area contributed by atoms with E-state index in [1.165, 1.54) is 24.3 Å². The second-order valence-corrected chi connectivity index (χ2v) is 13.0. The molecule has 0 saturated carbocycles. The first-order chi connectivity index (χ1) is 23.1. The molecule has 1 aromatic heterocycles. The minimum Gasteiger partial charge on any atom is -0.450 e. The summed E-state index contributed by atoms with van der Waals surface area (Å²) >= 11 is 0. The molecule has 1 aliphatic rings. The van der Waals surface area contributed by atoms with Crippen LogP contribution < -0.4 is 21.2 Å². The van der Waals surface area contributed by atoms with E-state index in [-0.39, 0.29) is 28.6 Å². The second-order valence-electron chi connectivity index (χ2n) is 11.2. The first kappa shape index (κ1) is 35.7. The highest BCUT2D eigenvalue weighted by atomic mass is 31.2. The molecule has 1 saturated heterocycles. The van der Waals surface area contributed by atoms with E-state index in [2.05, 4.69) is 10.1 Å². The van der Waals surface area contributed by atoms with Gasteiger partial charge in [-0.1, -0.05) is 24.3 Å². The van der Waals surface area contributed by atoms with Crippen LogP contribution >= 0.6 is 7.75 Å². The molecule has 0 bridgehead atoms. The van der Waals surface area contributed by atoms with Crippen LogP contribution in [0.25, 0.3) is 11.1 Å². The molecule has 4 N–H and O–H groups in total. The number of benzene rings is 3. The summed E-state index contributed by atoms with van der Waals surface area (Å²) in [6.45, 7) is 1.94. The van der Waals surface area contributed by atoms with Crippen molar-refractivity contribution in [2.45, 2.75) is 50.9 Å². The van der Waals surface area contributed by atoms with Crippen molar-refractivity contribution in [1.29, 1.82) is 0 Å². The van der Waals surface area contributed by atoms with E-state index in [1.54, 1.807) is 50.2 Å². The average Bonchev–Trinajstić information content (AvgIpc) is 3.26. The van der Waals surface area contributed by atoms with Crippen molar-refractivity contribution in [3.8, 4) is 22.6 Å². The molecule has 4 unspecified atom stereocenters. The summed E-state index contributed by atoms with van der Waals surface area (Å²) in [5, 5.41) is 24.7. The van der Waals surface area contributed by atoms with Crippen molar-refractivity contribution in [2.24, 2.45) is 0 Å². The Morgan fingerprint density at radius 3 is 2.51 bits per heavy atom. The highest BCUT2D eigenvalue weighted by molar-refractivity contribution is 7.51. The van der Waals surface area contributed by atoms with Crippen molar-refractivity contribution in [1.82, 2.24) is 14.6 Å². The molecule has 3 aromatic carbocycles. The van der Waals surface area contributed by atoms with Gasteiger partial charge in [-0.3, -0.25) is 23.7 Å². The normalized spacial score (nSPS) is 19.9. The fourth-order valence-electron chi connectivity index (χ4n) is 4.86. The number of nitro benzene ring substituents is 1. The number of hydrogen-bond donors (Lipinski definition) is 3. The second kappa shape index (κ2) is 14.5. The van der Waals surface area contributed by atoms with Crippen LogP contribution in [0.2, 0.25) is 0 Å². The molecule has 4 atom stereocenters. The van der Waals surface area contributed by atoms with Gasteiger partial charge in [0.1, 0.15) is 23.5 Å². The number of aromatic nitrogens is 2. The highest BCUT2D eigenvalue weighted by Gasteiger charge is 2.60. The molecule has 4 aromatic rings. The van der Waals surface area contributed by atoms with Gasteiger partial charge in [0.25, 0.3) is 0 Å². The number of aliphatic hydroxyl groups is 1. The van der Waals surface area contributed by atoms with Gasteiger partial charge in [-0.2, -0.15) is 13.8 Å². The van der Waals surface area contributed by atoms with E-state index in [4.69, 9.17) is 24.3 Å². The molecule has 0 spiro atoms. The first-order valence-electron chi connectivity index (χ1n) is 14.7. The Bertz CT molecular complexity index is 1930. The molecule has 0 radical (unpaired) electrons. The minimum atomic E-state index is -4.31. The number of nitro groups is 1. The predicted molar refractivity (Wildman–Crippen MR) is 169 cm³/mol. The summed E-state index contributed by atoms with van der Waals surface area (Å²) in [5.41, 5.74) is 5.48. The summed E-state index contributed by atoms with van der Waals surface area (Å²) in [4.78, 5) is 26.6. The zero-order valence-electron chi connectivity index (χ0n) is 25.9. The minimum absolute atomic E-state index is 0.166. The largest absolute Gasteiger partial charge is 0.450 e. The lowest BCUT2D eigenvalue weighted by atomic mass is 10.1. The van der Waals surface area contributed by atoms with Crippen LogP contribution in [0.1, 0.15) is 25.6 Å². The van der Waals surface area contributed by atoms with Gasteiger partial charge in [-0.25, -0.2) is 18.8 Å². The first-order valence-corrected chi connectivity index (χ1v) is 16.2. The van der Waals surface area contributed by atoms with Gasteiger partial charge in [0.15, 0.2) is 6.10 Å². The fraction of sp³-hybridized carbons (Fsp3) is 0.290. The van der Waals surface area contributed by atoms with Crippen molar-refractivity contribution in [2.75, 3.05) is 12.3 Å². The number of nitrogen functional groups attached to an aromatic ring is 1. The third-order valence-corrected chi connectivity index (χ3v) is 8.96. The van der Waals surface area contributed by atoms with E-state index < -0.39 is 67.8 Å². The molecule has 18 heteroatoms. The van der Waals surface area contributed by atoms with Crippen LogP contribution in [-0.2, 0) is 25.0 Å². The van der Waals surface area contributed by atoms with Crippen molar-refractivity contribution >= 4 is 19.3 Å². The van der Waals surface area contributed by atoms with Crippen LogP contribution in [0, 0.1) is 15.9 Å². The lowest BCUT2D eigenvalue weighted by Gasteiger charge is -2.23. The molecule has 260 valence electrons. The molecule has 5 rings (SSSR count). The fourth-order valence-corrected chi connectivity index (χ4v) is 6.38. The molecule has 14 nitrogen and oxygen atoms in total. The Labute approximate surface area is 276 Å². The smallest absolute Gasteiger partial charge is 0.406 e. The van der Waals surface area contributed by atoms with Crippen LogP contribution in [0.4, 0.5) is 24.7 Å². The maximum atomic E-state index is 15.0. The van der Waals surface area contributed by atoms with Crippen LogP contribution in [-0.4, -0.2) is 50.4 Å². The summed E-state index contributed by atoms with van der Waals surface area (Å²) in [6, 6.07) is 16.8. The standard InChI is InChI=1S/C31H31F3N5O9P/c1-18(2)37-49(44,46-17-26-28(40)31(33,34)29(48-26)38-13-12-27(35)36-30(38)41)45-16-19-6-11-24(39(42)43)25(14-19)47-23-9-7-20(8-10-23)21-4-3-5-22(32)15-21/h3-15,18,26,28-29,40H,16-17H2,1-2H3,(H,37,44)(H2,35,36,41). The van der Waals surface area contributed by atoms with Crippen LogP contribution in [0.5, 0.6) is 11.5 Å². The summed E-state index contributed by atoms with van der Waals surface area (Å²) in [5.74, 6) is -4.51. The molecular formula is C31H31F3N5O9P. The quantitative estimate of drug-likeness (QED) is 0.0893. The van der Waals surface area contributed by atoms with Gasteiger partial charge in [-0.05, 0) is 73.0 Å². The Hall–Kier alpha value is -4.64. The third kappa shape index (κ3) is 8.33. The maximum Gasteiger partial charge on any atom is 0.406 e. The molecule has 1 aliphatic heterocycles. The average molecular weight is 706 g/mol. The lowest BCUT2D eigenvalue weighted by molar-refractivity contribution is -0.385. The zero-order chi connectivity index (χ0) is 35.5. The monoisotopic (exact) mass is 705 g/mol. The number of anilines is 1. The third-order valence-electron chi connectivity index (χ3n) is 7.17. The Balaban J connectivity index is 1.29. The molecule has 0 aliphatic carbocycles. The molecule has 2 heterocycles. The molecular weight excluding hydrogens is 674 g/mol. The number of ether oxygens (including phenoxy) is 2. The highest BCUT2D eigenvalue weighted by Crippen LogP contribution is 2.48. The Morgan fingerprint density at radius 1 is 1.12 bits per heavy atom. The number of rotatable bonds is 13. The van der Waals surface area contributed by atoms with Gasteiger partial charge >= 0.3 is 25.0 Å². The number of alkyl halides is 2. The van der Waals surface area contributed by atoms with Crippen LogP contribution in [0.15, 0.2) is 83.8 Å². The number of nitrogens with two attached hydrogens (primary N) is 1. The summed E-state index contributed by atoms with van der Waals surface area (Å²) < 4.78 is 79.7. The lowest BCUT2D eigenvalue weighted by Crippen LogP contribution is -2.42. The Kier molecular flexibility index (Phi) is 10.5. The molecule has 0 amide bonds. The van der Waals surface area contributed by atoms with E-state index in [1.807, 2.05) is 0 Å². The van der Waals surface area contributed by atoms with Gasteiger partial charge in [0.05, 0.1) is 18.1 Å². The summed E-state index contributed by atoms with van der Waals surface area (Å²) in [6.07, 6.45) is -5.53. The van der Waals surface area contributed by atoms with Gasteiger partial charge in [0.2, 0.25) is 12.0 Å². The van der Waals surface area contributed by atoms with Gasteiger partial charge in [0, 0.05) is 18.3 Å². The van der Waals surface area contributed by atoms with Crippen LogP contribution in [0.3, 0.4) is 0 Å². The number of aliphatic hydroxyl groups excluding tert-OH is 1. The van der Waals surface area contributed by atoms with E-state index in [0.29, 0.717) is 15.7 Å². The predicted octanol–water partition coefficient (Wildman–Crippen LogP) is 5.57.